The highest BCUT2D eigenvalue weighted by Crippen LogP contribution is 2.30. The molecule has 0 bridgehead atoms. The van der Waals surface area contributed by atoms with E-state index in [2.05, 4.69) is 9.82 Å². The third-order valence-electron chi connectivity index (χ3n) is 3.27. The van der Waals surface area contributed by atoms with Crippen LogP contribution in [0.25, 0.3) is 11.0 Å². The Labute approximate surface area is 138 Å². The van der Waals surface area contributed by atoms with E-state index in [1.54, 1.807) is 0 Å². The van der Waals surface area contributed by atoms with Crippen molar-refractivity contribution in [1.82, 2.24) is 9.78 Å². The zero-order valence-electron chi connectivity index (χ0n) is 12.5. The van der Waals surface area contributed by atoms with Crippen LogP contribution in [0.4, 0.5) is 18.9 Å². The molecule has 1 aromatic carbocycles. The van der Waals surface area contributed by atoms with Crippen molar-refractivity contribution >= 4 is 26.7 Å². The number of fused-ring (bicyclic) bond motifs is 1. The van der Waals surface area contributed by atoms with Crippen LogP contribution in [-0.2, 0) is 23.2 Å². The summed E-state index contributed by atoms with van der Waals surface area (Å²) in [6.45, 7) is 0. The first-order valence-corrected chi connectivity index (χ1v) is 8.22. The number of hydrogen-bond donors (Lipinski definition) is 1. The van der Waals surface area contributed by atoms with Crippen molar-refractivity contribution in [3.63, 3.8) is 0 Å². The summed E-state index contributed by atoms with van der Waals surface area (Å²) in [4.78, 5) is 11.1. The average molecular weight is 373 g/mol. The highest BCUT2D eigenvalue weighted by atomic mass is 32.2. The molecule has 2 heterocycles. The summed E-state index contributed by atoms with van der Waals surface area (Å²) in [5.41, 5.74) is -1.53. The molecule has 0 aliphatic rings. The molecule has 0 saturated carbocycles. The molecule has 0 aliphatic carbocycles. The maximum atomic E-state index is 12.7. The van der Waals surface area contributed by atoms with Gasteiger partial charge in [-0.15, -0.1) is 0 Å². The Morgan fingerprint density at radius 2 is 1.88 bits per heavy atom. The molecule has 0 fully saturated rings. The number of halogens is 3. The Balaban J connectivity index is 1.98. The number of nitrogens with zero attached hydrogens (tertiary/aromatic N) is 2. The first-order chi connectivity index (χ1) is 11.6. The first kappa shape index (κ1) is 17.0. The molecule has 25 heavy (non-hydrogen) atoms. The van der Waals surface area contributed by atoms with Crippen molar-refractivity contribution in [2.45, 2.75) is 11.2 Å². The van der Waals surface area contributed by atoms with E-state index < -0.39 is 32.5 Å². The molecule has 1 N–H and O–H groups in total. The van der Waals surface area contributed by atoms with Crippen molar-refractivity contribution in [1.29, 1.82) is 0 Å². The number of aromatic nitrogens is 2. The number of rotatable bonds is 3. The molecule has 7 nitrogen and oxygen atoms in total. The second-order valence-corrected chi connectivity index (χ2v) is 6.73. The summed E-state index contributed by atoms with van der Waals surface area (Å²) < 4.78 is 70.4. The van der Waals surface area contributed by atoms with Gasteiger partial charge in [-0.25, -0.2) is 4.79 Å². The van der Waals surface area contributed by atoms with Gasteiger partial charge >= 0.3 is 11.8 Å². The normalized spacial score (nSPS) is 12.5. The van der Waals surface area contributed by atoms with Crippen LogP contribution < -0.4 is 10.3 Å². The highest BCUT2D eigenvalue weighted by Gasteiger charge is 2.36. The summed E-state index contributed by atoms with van der Waals surface area (Å²) >= 11 is 0. The summed E-state index contributed by atoms with van der Waals surface area (Å²) in [6.07, 6.45) is -4.76. The molecule has 0 spiro atoms. The van der Waals surface area contributed by atoms with E-state index in [0.717, 1.165) is 13.1 Å². The van der Waals surface area contributed by atoms with Gasteiger partial charge in [0, 0.05) is 30.3 Å². The fourth-order valence-electron chi connectivity index (χ4n) is 2.18. The van der Waals surface area contributed by atoms with E-state index in [1.807, 2.05) is 0 Å². The minimum atomic E-state index is -4.76. The lowest BCUT2D eigenvalue weighted by Crippen LogP contribution is -2.16. The zero-order chi connectivity index (χ0) is 18.4. The molecule has 0 radical (unpaired) electrons. The summed E-state index contributed by atoms with van der Waals surface area (Å²) in [6, 6.07) is 7.13. The molecule has 2 aromatic heterocycles. The minimum Gasteiger partial charge on any atom is -0.423 e. The van der Waals surface area contributed by atoms with Crippen LogP contribution in [-0.4, -0.2) is 18.2 Å². The van der Waals surface area contributed by atoms with Crippen LogP contribution in [0.2, 0.25) is 0 Å². The van der Waals surface area contributed by atoms with Crippen molar-refractivity contribution < 1.29 is 26.0 Å². The largest absolute Gasteiger partial charge is 0.435 e. The third kappa shape index (κ3) is 3.36. The van der Waals surface area contributed by atoms with Crippen molar-refractivity contribution in [3.8, 4) is 0 Å². The molecule has 11 heteroatoms. The molecular formula is C14H10F3N3O4S. The average Bonchev–Trinajstić information content (AvgIpc) is 2.90. The molecule has 132 valence electrons. The summed E-state index contributed by atoms with van der Waals surface area (Å²) in [5.74, 6) is 0. The van der Waals surface area contributed by atoms with E-state index >= 15 is 0 Å². The van der Waals surface area contributed by atoms with E-state index in [9.17, 15) is 26.4 Å². The van der Waals surface area contributed by atoms with Crippen LogP contribution in [0, 0.1) is 0 Å². The van der Waals surface area contributed by atoms with Gasteiger partial charge in [0.2, 0.25) is 0 Å². The Morgan fingerprint density at radius 3 is 2.52 bits per heavy atom. The number of nitrogens with one attached hydrogen (secondary N) is 1. The number of benzene rings is 1. The SMILES string of the molecule is Cn1nc(C(F)(F)F)cc1S(=O)(=O)Nc1ccc2oc(=O)ccc2c1. The molecule has 0 unspecified atom stereocenters. The van der Waals surface area contributed by atoms with E-state index in [4.69, 9.17) is 4.42 Å². The first-order valence-electron chi connectivity index (χ1n) is 6.74. The lowest BCUT2D eigenvalue weighted by atomic mass is 10.2. The highest BCUT2D eigenvalue weighted by molar-refractivity contribution is 7.92. The van der Waals surface area contributed by atoms with Crippen molar-refractivity contribution in [2.75, 3.05) is 4.72 Å². The smallest absolute Gasteiger partial charge is 0.423 e. The summed E-state index contributed by atoms with van der Waals surface area (Å²) in [5, 5.41) is 2.98. The number of anilines is 1. The van der Waals surface area contributed by atoms with Crippen LogP contribution in [0.5, 0.6) is 0 Å². The topological polar surface area (TPSA) is 94.2 Å². The molecule has 0 aliphatic heterocycles. The standard InChI is InChI=1S/C14H10F3N3O4S/c1-20-12(7-11(18-20)14(15,16)17)25(22,23)19-9-3-4-10-8(6-9)2-5-13(21)24-10/h2-7,19H,1H3. The van der Waals surface area contributed by atoms with Gasteiger partial charge in [-0.1, -0.05) is 0 Å². The second-order valence-electron chi connectivity index (χ2n) is 5.10. The molecule has 0 atom stereocenters. The molecule has 0 saturated heterocycles. The monoisotopic (exact) mass is 373 g/mol. The fraction of sp³-hybridized carbons (Fsp3) is 0.143. The third-order valence-corrected chi connectivity index (χ3v) is 4.71. The molecule has 3 aromatic rings. The lowest BCUT2D eigenvalue weighted by Gasteiger charge is -2.08. The van der Waals surface area contributed by atoms with Gasteiger partial charge in [-0.2, -0.15) is 26.7 Å². The van der Waals surface area contributed by atoms with Crippen LogP contribution in [0.3, 0.4) is 0 Å². The van der Waals surface area contributed by atoms with E-state index in [0.29, 0.717) is 16.1 Å². The minimum absolute atomic E-state index is 0.0936. The Bertz CT molecular complexity index is 1120. The van der Waals surface area contributed by atoms with Gasteiger partial charge in [0.15, 0.2) is 10.7 Å². The van der Waals surface area contributed by atoms with Crippen LogP contribution >= 0.6 is 0 Å². The number of aryl methyl sites for hydroxylation is 1. The van der Waals surface area contributed by atoms with E-state index in [-0.39, 0.29) is 11.3 Å². The van der Waals surface area contributed by atoms with Gasteiger partial charge in [0.1, 0.15) is 5.58 Å². The van der Waals surface area contributed by atoms with Crippen molar-refractivity contribution in [2.24, 2.45) is 7.05 Å². The maximum Gasteiger partial charge on any atom is 0.435 e. The molecule has 0 amide bonds. The fourth-order valence-corrected chi connectivity index (χ4v) is 3.38. The number of alkyl halides is 3. The Morgan fingerprint density at radius 1 is 1.16 bits per heavy atom. The lowest BCUT2D eigenvalue weighted by molar-refractivity contribution is -0.141. The second kappa shape index (κ2) is 5.62. The maximum absolute atomic E-state index is 12.7. The predicted molar refractivity (Wildman–Crippen MR) is 81.5 cm³/mol. The van der Waals surface area contributed by atoms with Gasteiger partial charge < -0.3 is 4.42 Å². The van der Waals surface area contributed by atoms with Crippen LogP contribution in [0.15, 0.2) is 50.6 Å². The van der Waals surface area contributed by atoms with Gasteiger partial charge in [-0.3, -0.25) is 9.40 Å². The zero-order valence-corrected chi connectivity index (χ0v) is 13.4. The summed E-state index contributed by atoms with van der Waals surface area (Å²) in [7, 11) is -3.21. The molecule has 3 rings (SSSR count). The number of sulfonamides is 1. The van der Waals surface area contributed by atoms with E-state index in [1.165, 1.54) is 24.3 Å². The Kier molecular flexibility index (Phi) is 3.82. The van der Waals surface area contributed by atoms with Gasteiger partial charge in [0.05, 0.1) is 0 Å². The Hall–Kier alpha value is -2.82. The van der Waals surface area contributed by atoms with Gasteiger partial charge in [-0.05, 0) is 24.3 Å². The van der Waals surface area contributed by atoms with Crippen LogP contribution in [0.1, 0.15) is 5.69 Å². The predicted octanol–water partition coefficient (Wildman–Crippen LogP) is 2.35. The molecular weight excluding hydrogens is 363 g/mol. The van der Waals surface area contributed by atoms with Gasteiger partial charge in [0.25, 0.3) is 10.0 Å². The quantitative estimate of drug-likeness (QED) is 0.711. The number of hydrogen-bond acceptors (Lipinski definition) is 5. The van der Waals surface area contributed by atoms with Crippen molar-refractivity contribution in [3.05, 3.63) is 52.5 Å².